The molecule has 0 radical (unpaired) electrons. The Morgan fingerprint density at radius 2 is 2.18 bits per heavy atom. The summed E-state index contributed by atoms with van der Waals surface area (Å²) in [6.07, 6.45) is 3.47. The summed E-state index contributed by atoms with van der Waals surface area (Å²) in [7, 11) is 0. The fourth-order valence-corrected chi connectivity index (χ4v) is 2.36. The van der Waals surface area contributed by atoms with Crippen LogP contribution in [0.1, 0.15) is 43.4 Å². The molecule has 2 N–H and O–H groups in total. The lowest BCUT2D eigenvalue weighted by Gasteiger charge is -2.20. The van der Waals surface area contributed by atoms with Crippen molar-refractivity contribution < 1.29 is 5.11 Å². The molecule has 1 saturated carbocycles. The van der Waals surface area contributed by atoms with E-state index in [1.165, 1.54) is 24.0 Å². The Kier molecular flexibility index (Phi) is 3.85. The number of rotatable bonds is 6. The van der Waals surface area contributed by atoms with Crippen LogP contribution in [0, 0.1) is 12.3 Å². The molecule has 17 heavy (non-hydrogen) atoms. The number of aliphatic hydroxyl groups excluding tert-OH is 1. The summed E-state index contributed by atoms with van der Waals surface area (Å²) in [5.41, 5.74) is 3.06. The van der Waals surface area contributed by atoms with Crippen molar-refractivity contribution in [1.29, 1.82) is 0 Å². The summed E-state index contributed by atoms with van der Waals surface area (Å²) >= 11 is 0. The van der Waals surface area contributed by atoms with E-state index in [9.17, 15) is 0 Å². The zero-order valence-corrected chi connectivity index (χ0v) is 10.9. The van der Waals surface area contributed by atoms with Crippen LogP contribution in [0.3, 0.4) is 0 Å². The molecule has 94 valence electrons. The molecular weight excluding hydrogens is 210 g/mol. The summed E-state index contributed by atoms with van der Waals surface area (Å²) < 4.78 is 0. The molecule has 0 aliphatic heterocycles. The highest BCUT2D eigenvalue weighted by molar-refractivity contribution is 5.24. The van der Waals surface area contributed by atoms with Crippen LogP contribution in [-0.2, 0) is 0 Å². The van der Waals surface area contributed by atoms with E-state index in [-0.39, 0.29) is 0 Å². The maximum Gasteiger partial charge on any atom is 0.0436 e. The maximum atomic E-state index is 9.03. The SMILES string of the molecule is Cc1cccc(C(C)NCC2(CCO)CC2)c1. The van der Waals surface area contributed by atoms with E-state index >= 15 is 0 Å². The van der Waals surface area contributed by atoms with Gasteiger partial charge in [-0.3, -0.25) is 0 Å². The van der Waals surface area contributed by atoms with Gasteiger partial charge in [0.15, 0.2) is 0 Å². The zero-order chi connectivity index (χ0) is 12.3. The first-order chi connectivity index (χ1) is 8.15. The monoisotopic (exact) mass is 233 g/mol. The van der Waals surface area contributed by atoms with Crippen molar-refractivity contribution in [3.8, 4) is 0 Å². The first kappa shape index (κ1) is 12.6. The molecule has 1 aliphatic rings. The second-order valence-electron chi connectivity index (χ2n) is 5.49. The molecule has 0 aromatic heterocycles. The van der Waals surface area contributed by atoms with E-state index in [2.05, 4.69) is 43.4 Å². The third kappa shape index (κ3) is 3.30. The Morgan fingerprint density at radius 3 is 2.76 bits per heavy atom. The quantitative estimate of drug-likeness (QED) is 0.792. The molecule has 0 saturated heterocycles. The molecule has 2 rings (SSSR count). The first-order valence-corrected chi connectivity index (χ1v) is 6.56. The Balaban J connectivity index is 1.87. The number of aliphatic hydroxyl groups is 1. The molecule has 1 atom stereocenters. The molecule has 0 spiro atoms. The number of benzene rings is 1. The second-order valence-corrected chi connectivity index (χ2v) is 5.49. The fourth-order valence-electron chi connectivity index (χ4n) is 2.36. The summed E-state index contributed by atoms with van der Waals surface area (Å²) in [5.74, 6) is 0. The fraction of sp³-hybridized carbons (Fsp3) is 0.600. The Bertz CT molecular complexity index is 371. The minimum Gasteiger partial charge on any atom is -0.396 e. The Hall–Kier alpha value is -0.860. The van der Waals surface area contributed by atoms with Crippen LogP contribution in [0.4, 0.5) is 0 Å². The van der Waals surface area contributed by atoms with E-state index in [0.29, 0.717) is 18.1 Å². The van der Waals surface area contributed by atoms with E-state index in [0.717, 1.165) is 13.0 Å². The molecule has 0 amide bonds. The third-order valence-electron chi connectivity index (χ3n) is 3.92. The predicted octanol–water partition coefficient (Wildman–Crippen LogP) is 2.81. The van der Waals surface area contributed by atoms with Gasteiger partial charge in [-0.25, -0.2) is 0 Å². The van der Waals surface area contributed by atoms with Gasteiger partial charge in [-0.2, -0.15) is 0 Å². The van der Waals surface area contributed by atoms with Gasteiger partial charge in [-0.05, 0) is 44.1 Å². The van der Waals surface area contributed by atoms with E-state index in [1.807, 2.05) is 0 Å². The van der Waals surface area contributed by atoms with E-state index in [1.54, 1.807) is 0 Å². The van der Waals surface area contributed by atoms with Gasteiger partial charge in [0, 0.05) is 19.2 Å². The van der Waals surface area contributed by atoms with Crippen LogP contribution in [0.25, 0.3) is 0 Å². The summed E-state index contributed by atoms with van der Waals surface area (Å²) in [6.45, 7) is 5.69. The second kappa shape index (κ2) is 5.19. The highest BCUT2D eigenvalue weighted by Gasteiger charge is 2.41. The predicted molar refractivity (Wildman–Crippen MR) is 71.0 cm³/mol. The number of aryl methyl sites for hydroxylation is 1. The third-order valence-corrected chi connectivity index (χ3v) is 3.92. The molecule has 1 aromatic carbocycles. The molecule has 1 aromatic rings. The minimum atomic E-state index is 0.320. The molecule has 1 fully saturated rings. The zero-order valence-electron chi connectivity index (χ0n) is 10.9. The van der Waals surface area contributed by atoms with Crippen molar-refractivity contribution in [2.45, 2.75) is 39.2 Å². The molecule has 2 nitrogen and oxygen atoms in total. The Morgan fingerprint density at radius 1 is 1.41 bits per heavy atom. The first-order valence-electron chi connectivity index (χ1n) is 6.56. The van der Waals surface area contributed by atoms with Crippen molar-refractivity contribution in [2.24, 2.45) is 5.41 Å². The molecule has 2 heteroatoms. The average molecular weight is 233 g/mol. The van der Waals surface area contributed by atoms with Crippen molar-refractivity contribution in [1.82, 2.24) is 5.32 Å². The Labute approximate surface area is 104 Å². The standard InChI is InChI=1S/C15H23NO/c1-12-4-3-5-14(10-12)13(2)16-11-15(6-7-15)8-9-17/h3-5,10,13,16-17H,6-9,11H2,1-2H3. The van der Waals surface area contributed by atoms with Crippen LogP contribution in [0.15, 0.2) is 24.3 Å². The van der Waals surface area contributed by atoms with Crippen LogP contribution in [-0.4, -0.2) is 18.3 Å². The maximum absolute atomic E-state index is 9.03. The van der Waals surface area contributed by atoms with E-state index in [4.69, 9.17) is 5.11 Å². The largest absolute Gasteiger partial charge is 0.396 e. The minimum absolute atomic E-state index is 0.320. The van der Waals surface area contributed by atoms with Gasteiger partial charge in [-0.1, -0.05) is 29.8 Å². The van der Waals surface area contributed by atoms with Crippen LogP contribution < -0.4 is 5.32 Å². The smallest absolute Gasteiger partial charge is 0.0436 e. The van der Waals surface area contributed by atoms with Crippen molar-refractivity contribution in [3.63, 3.8) is 0 Å². The van der Waals surface area contributed by atoms with Gasteiger partial charge in [0.2, 0.25) is 0 Å². The van der Waals surface area contributed by atoms with Crippen molar-refractivity contribution in [3.05, 3.63) is 35.4 Å². The lowest BCUT2D eigenvalue weighted by molar-refractivity contribution is 0.243. The number of hydrogen-bond donors (Lipinski definition) is 2. The topological polar surface area (TPSA) is 32.3 Å². The van der Waals surface area contributed by atoms with Gasteiger partial charge in [0.25, 0.3) is 0 Å². The summed E-state index contributed by atoms with van der Waals surface area (Å²) in [4.78, 5) is 0. The highest BCUT2D eigenvalue weighted by Crippen LogP contribution is 2.48. The number of hydrogen-bond acceptors (Lipinski definition) is 2. The normalized spacial score (nSPS) is 19.0. The lowest BCUT2D eigenvalue weighted by atomic mass is 10.0. The van der Waals surface area contributed by atoms with Gasteiger partial charge < -0.3 is 10.4 Å². The van der Waals surface area contributed by atoms with Gasteiger partial charge in [-0.15, -0.1) is 0 Å². The lowest BCUT2D eigenvalue weighted by Crippen LogP contribution is -2.27. The van der Waals surface area contributed by atoms with Crippen molar-refractivity contribution in [2.75, 3.05) is 13.2 Å². The van der Waals surface area contributed by atoms with Crippen LogP contribution in [0.2, 0.25) is 0 Å². The van der Waals surface area contributed by atoms with E-state index < -0.39 is 0 Å². The molecule has 0 bridgehead atoms. The number of nitrogens with one attached hydrogen (secondary N) is 1. The molecule has 1 unspecified atom stereocenters. The van der Waals surface area contributed by atoms with Gasteiger partial charge >= 0.3 is 0 Å². The van der Waals surface area contributed by atoms with Gasteiger partial charge in [0.1, 0.15) is 0 Å². The van der Waals surface area contributed by atoms with Gasteiger partial charge in [0.05, 0.1) is 0 Å². The van der Waals surface area contributed by atoms with Crippen LogP contribution >= 0.6 is 0 Å². The molecule has 1 aliphatic carbocycles. The van der Waals surface area contributed by atoms with Crippen LogP contribution in [0.5, 0.6) is 0 Å². The highest BCUT2D eigenvalue weighted by atomic mass is 16.3. The van der Waals surface area contributed by atoms with Crippen molar-refractivity contribution >= 4 is 0 Å². The summed E-state index contributed by atoms with van der Waals surface area (Å²) in [6, 6.07) is 9.05. The molecular formula is C15H23NO. The molecule has 0 heterocycles. The average Bonchev–Trinajstić information content (AvgIpc) is 3.07. The summed E-state index contributed by atoms with van der Waals surface area (Å²) in [5, 5.41) is 12.6.